The van der Waals surface area contributed by atoms with Gasteiger partial charge >= 0.3 is 0 Å². The van der Waals surface area contributed by atoms with Crippen LogP contribution in [0.2, 0.25) is 0 Å². The quantitative estimate of drug-likeness (QED) is 0.648. The Balaban J connectivity index is 2.10. The summed E-state index contributed by atoms with van der Waals surface area (Å²) < 4.78 is 13.6. The van der Waals surface area contributed by atoms with E-state index in [1.54, 1.807) is 12.1 Å². The third-order valence-corrected chi connectivity index (χ3v) is 2.98. The van der Waals surface area contributed by atoms with Crippen molar-refractivity contribution in [1.29, 1.82) is 0 Å². The van der Waals surface area contributed by atoms with E-state index in [0.717, 1.165) is 22.6 Å². The van der Waals surface area contributed by atoms with Crippen molar-refractivity contribution in [3.8, 4) is 11.4 Å². The van der Waals surface area contributed by atoms with E-state index >= 15 is 0 Å². The molecule has 18 heavy (non-hydrogen) atoms. The number of aromatic amines is 2. The first-order valence-corrected chi connectivity index (χ1v) is 5.73. The summed E-state index contributed by atoms with van der Waals surface area (Å²) in [5, 5.41) is 7.62. The molecule has 2 heterocycles. The lowest BCUT2D eigenvalue weighted by Gasteiger charge is -1.96. The normalized spacial score (nSPS) is 13.1. The van der Waals surface area contributed by atoms with Crippen molar-refractivity contribution in [2.45, 2.75) is 13.0 Å². The van der Waals surface area contributed by atoms with Crippen LogP contribution >= 0.6 is 0 Å². The van der Waals surface area contributed by atoms with E-state index in [0.29, 0.717) is 5.39 Å². The molecule has 0 bridgehead atoms. The van der Waals surface area contributed by atoms with Gasteiger partial charge in [0.25, 0.3) is 0 Å². The highest BCUT2D eigenvalue weighted by Gasteiger charge is 2.11. The van der Waals surface area contributed by atoms with Gasteiger partial charge in [0.05, 0.1) is 11.4 Å². The fourth-order valence-corrected chi connectivity index (χ4v) is 1.96. The monoisotopic (exact) mass is 244 g/mol. The Morgan fingerprint density at radius 3 is 2.83 bits per heavy atom. The molecule has 0 saturated heterocycles. The van der Waals surface area contributed by atoms with Crippen LogP contribution in [0.4, 0.5) is 4.39 Å². The number of aromatic nitrogens is 3. The maximum Gasteiger partial charge on any atom is 0.132 e. The average molecular weight is 244 g/mol. The number of H-pyrrole nitrogens is 2. The molecule has 5 heteroatoms. The van der Waals surface area contributed by atoms with Crippen molar-refractivity contribution in [3.05, 3.63) is 41.8 Å². The molecule has 0 unspecified atom stereocenters. The maximum atomic E-state index is 13.6. The first-order chi connectivity index (χ1) is 8.65. The lowest BCUT2D eigenvalue weighted by molar-refractivity contribution is 0.640. The summed E-state index contributed by atoms with van der Waals surface area (Å²) in [6.07, 6.45) is 0. The van der Waals surface area contributed by atoms with Crippen LogP contribution in [0, 0.1) is 5.82 Å². The number of hydrogen-bond acceptors (Lipinski definition) is 2. The molecule has 0 saturated carbocycles. The molecule has 0 aliphatic carbocycles. The van der Waals surface area contributed by atoms with Gasteiger partial charge in [0.2, 0.25) is 0 Å². The molecule has 3 rings (SSSR count). The van der Waals surface area contributed by atoms with Gasteiger partial charge in [-0.05, 0) is 31.2 Å². The zero-order valence-electron chi connectivity index (χ0n) is 9.87. The second-order valence-corrected chi connectivity index (χ2v) is 4.38. The van der Waals surface area contributed by atoms with Crippen molar-refractivity contribution in [2.24, 2.45) is 5.73 Å². The summed E-state index contributed by atoms with van der Waals surface area (Å²) >= 11 is 0. The average Bonchev–Trinajstić information content (AvgIpc) is 2.95. The van der Waals surface area contributed by atoms with E-state index in [1.165, 1.54) is 6.07 Å². The number of nitrogens with one attached hydrogen (secondary N) is 2. The molecular weight excluding hydrogens is 231 g/mol. The lowest BCUT2D eigenvalue weighted by Crippen LogP contribution is -2.04. The van der Waals surface area contributed by atoms with Crippen molar-refractivity contribution < 1.29 is 4.39 Å². The van der Waals surface area contributed by atoms with Crippen molar-refractivity contribution in [3.63, 3.8) is 0 Å². The van der Waals surface area contributed by atoms with E-state index in [-0.39, 0.29) is 11.9 Å². The minimum atomic E-state index is -0.238. The van der Waals surface area contributed by atoms with E-state index in [2.05, 4.69) is 15.2 Å². The molecule has 0 spiro atoms. The summed E-state index contributed by atoms with van der Waals surface area (Å²) in [5.41, 5.74) is 8.88. The molecule has 3 aromatic rings. The van der Waals surface area contributed by atoms with Crippen LogP contribution in [0.25, 0.3) is 22.3 Å². The third-order valence-electron chi connectivity index (χ3n) is 2.98. The van der Waals surface area contributed by atoms with Crippen LogP contribution in [0.5, 0.6) is 0 Å². The number of nitrogens with zero attached hydrogens (tertiary/aromatic N) is 1. The summed E-state index contributed by atoms with van der Waals surface area (Å²) in [5.74, 6) is -0.238. The molecule has 0 amide bonds. The Morgan fingerprint density at radius 1 is 1.33 bits per heavy atom. The number of nitrogens with two attached hydrogens (primary N) is 1. The van der Waals surface area contributed by atoms with Gasteiger partial charge in [-0.3, -0.25) is 5.10 Å². The Morgan fingerprint density at radius 2 is 2.17 bits per heavy atom. The van der Waals surface area contributed by atoms with Crippen LogP contribution in [0.3, 0.4) is 0 Å². The number of fused-ring (bicyclic) bond motifs is 1. The minimum absolute atomic E-state index is 0.104. The Kier molecular flexibility index (Phi) is 2.41. The summed E-state index contributed by atoms with van der Waals surface area (Å²) in [6.45, 7) is 1.88. The predicted molar refractivity (Wildman–Crippen MR) is 68.4 cm³/mol. The van der Waals surface area contributed by atoms with Gasteiger partial charge in [-0.2, -0.15) is 5.10 Å². The van der Waals surface area contributed by atoms with Gasteiger partial charge in [0.1, 0.15) is 11.5 Å². The molecule has 0 aliphatic rings. The van der Waals surface area contributed by atoms with Crippen molar-refractivity contribution in [2.75, 3.05) is 0 Å². The van der Waals surface area contributed by atoms with Crippen LogP contribution < -0.4 is 5.73 Å². The molecule has 0 fully saturated rings. The predicted octanol–water partition coefficient (Wildman–Crippen LogP) is 2.72. The summed E-state index contributed by atoms with van der Waals surface area (Å²) in [7, 11) is 0. The zero-order chi connectivity index (χ0) is 12.7. The van der Waals surface area contributed by atoms with Crippen molar-refractivity contribution in [1.82, 2.24) is 15.2 Å². The fraction of sp³-hybridized carbons (Fsp3) is 0.154. The highest BCUT2D eigenvalue weighted by molar-refractivity contribution is 5.85. The molecule has 92 valence electrons. The van der Waals surface area contributed by atoms with Crippen LogP contribution in [-0.2, 0) is 0 Å². The standard InChI is InChI=1S/C13H13FN4/c1-7(15)11-6-13(18-17-11)12-5-8-9(14)3-2-4-10(8)16-12/h2-7,16H,15H2,1H3,(H,17,18)/t7-/m0/s1. The van der Waals surface area contributed by atoms with Gasteiger partial charge in [0.15, 0.2) is 0 Å². The van der Waals surface area contributed by atoms with E-state index in [4.69, 9.17) is 5.73 Å². The largest absolute Gasteiger partial charge is 0.353 e. The fourth-order valence-electron chi connectivity index (χ4n) is 1.96. The van der Waals surface area contributed by atoms with E-state index < -0.39 is 0 Å². The van der Waals surface area contributed by atoms with Gasteiger partial charge in [-0.25, -0.2) is 4.39 Å². The molecule has 1 atom stereocenters. The molecule has 0 aliphatic heterocycles. The minimum Gasteiger partial charge on any atom is -0.353 e. The highest BCUT2D eigenvalue weighted by Crippen LogP contribution is 2.25. The molecule has 4 N–H and O–H groups in total. The first kappa shape index (κ1) is 11.0. The Bertz CT molecular complexity index is 696. The number of hydrogen-bond donors (Lipinski definition) is 3. The second kappa shape index (κ2) is 3.96. The lowest BCUT2D eigenvalue weighted by atomic mass is 10.2. The SMILES string of the molecule is C[C@H](N)c1cc(-c2cc3c(F)cccc3[nH]2)n[nH]1. The number of rotatable bonds is 2. The maximum absolute atomic E-state index is 13.6. The molecule has 4 nitrogen and oxygen atoms in total. The zero-order valence-corrected chi connectivity index (χ0v) is 9.87. The number of halogens is 1. The Labute approximate surface area is 103 Å². The van der Waals surface area contributed by atoms with Gasteiger partial charge < -0.3 is 10.7 Å². The summed E-state index contributed by atoms with van der Waals surface area (Å²) in [6, 6.07) is 8.47. The molecular formula is C13H13FN4. The van der Waals surface area contributed by atoms with Crippen molar-refractivity contribution >= 4 is 10.9 Å². The van der Waals surface area contributed by atoms with Crippen LogP contribution in [-0.4, -0.2) is 15.2 Å². The second-order valence-electron chi connectivity index (χ2n) is 4.38. The van der Waals surface area contributed by atoms with Crippen LogP contribution in [0.15, 0.2) is 30.3 Å². The topological polar surface area (TPSA) is 70.5 Å². The van der Waals surface area contributed by atoms with Gasteiger partial charge in [0, 0.05) is 16.9 Å². The molecule has 1 aromatic carbocycles. The molecule has 2 aromatic heterocycles. The smallest absolute Gasteiger partial charge is 0.132 e. The Hall–Kier alpha value is -2.14. The van der Waals surface area contributed by atoms with Gasteiger partial charge in [-0.1, -0.05) is 6.07 Å². The van der Waals surface area contributed by atoms with E-state index in [9.17, 15) is 4.39 Å². The van der Waals surface area contributed by atoms with Crippen LogP contribution in [0.1, 0.15) is 18.7 Å². The summed E-state index contributed by atoms with van der Waals surface area (Å²) in [4.78, 5) is 3.14. The van der Waals surface area contributed by atoms with E-state index in [1.807, 2.05) is 19.1 Å². The van der Waals surface area contributed by atoms with Gasteiger partial charge in [-0.15, -0.1) is 0 Å². The molecule has 0 radical (unpaired) electrons. The third kappa shape index (κ3) is 1.69. The first-order valence-electron chi connectivity index (χ1n) is 5.73. The highest BCUT2D eigenvalue weighted by atomic mass is 19.1. The number of benzene rings is 1.